The van der Waals surface area contributed by atoms with Crippen LogP contribution in [-0.2, 0) is 0 Å². The lowest BCUT2D eigenvalue weighted by molar-refractivity contribution is -0.384. The Morgan fingerprint density at radius 2 is 2.14 bits per heavy atom. The molecule has 2 heterocycles. The van der Waals surface area contributed by atoms with Crippen LogP contribution < -0.4 is 5.32 Å². The summed E-state index contributed by atoms with van der Waals surface area (Å²) in [4.78, 5) is 15.0. The maximum Gasteiger partial charge on any atom is 0.282 e. The lowest BCUT2D eigenvalue weighted by atomic mass is 10.1. The largest absolute Gasteiger partial charge is 0.334 e. The maximum absolute atomic E-state index is 11.1. The molecule has 1 aromatic carbocycles. The van der Waals surface area contributed by atoms with Crippen LogP contribution in [0.4, 0.5) is 5.69 Å². The van der Waals surface area contributed by atoms with Crippen molar-refractivity contribution in [1.82, 2.24) is 15.5 Å². The molecular weight excluding hydrogens is 272 g/mol. The minimum atomic E-state index is -0.441. The first kappa shape index (κ1) is 13.7. The molecule has 0 spiro atoms. The predicted molar refractivity (Wildman–Crippen MR) is 75.6 cm³/mol. The number of hydrogen-bond donors (Lipinski definition) is 1. The molecule has 21 heavy (non-hydrogen) atoms. The number of nitrogens with zero attached hydrogens (tertiary/aromatic N) is 3. The smallest absolute Gasteiger partial charge is 0.282 e. The van der Waals surface area contributed by atoms with Crippen molar-refractivity contribution in [2.75, 3.05) is 6.54 Å². The minimum absolute atomic E-state index is 0.0264. The number of para-hydroxylation sites is 1. The van der Waals surface area contributed by atoms with E-state index in [-0.39, 0.29) is 17.6 Å². The van der Waals surface area contributed by atoms with Crippen LogP contribution in [0.3, 0.4) is 0 Å². The van der Waals surface area contributed by atoms with Crippen LogP contribution >= 0.6 is 0 Å². The summed E-state index contributed by atoms with van der Waals surface area (Å²) >= 11 is 0. The zero-order valence-corrected chi connectivity index (χ0v) is 11.5. The lowest BCUT2D eigenvalue weighted by Gasteiger charge is -2.09. The van der Waals surface area contributed by atoms with E-state index in [1.807, 2.05) is 0 Å². The van der Waals surface area contributed by atoms with Gasteiger partial charge in [0, 0.05) is 6.07 Å². The highest BCUT2D eigenvalue weighted by atomic mass is 16.6. The average Bonchev–Trinajstić information content (AvgIpc) is 2.83. The summed E-state index contributed by atoms with van der Waals surface area (Å²) in [7, 11) is 0. The molecule has 1 N–H and O–H groups in total. The van der Waals surface area contributed by atoms with E-state index in [9.17, 15) is 10.1 Å². The number of hydrogen-bond acceptors (Lipinski definition) is 6. The quantitative estimate of drug-likeness (QED) is 0.689. The first-order valence-corrected chi connectivity index (χ1v) is 7.06. The summed E-state index contributed by atoms with van der Waals surface area (Å²) in [6, 6.07) is 6.45. The Balaban J connectivity index is 1.89. The minimum Gasteiger partial charge on any atom is -0.334 e. The van der Waals surface area contributed by atoms with Gasteiger partial charge < -0.3 is 9.84 Å². The van der Waals surface area contributed by atoms with E-state index in [0.717, 1.165) is 25.8 Å². The molecule has 110 valence electrons. The van der Waals surface area contributed by atoms with Crippen LogP contribution in [-0.4, -0.2) is 21.6 Å². The van der Waals surface area contributed by atoms with E-state index in [1.165, 1.54) is 12.5 Å². The number of benzene rings is 1. The van der Waals surface area contributed by atoms with Crippen molar-refractivity contribution in [3.8, 4) is 11.5 Å². The van der Waals surface area contributed by atoms with E-state index in [0.29, 0.717) is 11.4 Å². The highest BCUT2D eigenvalue weighted by molar-refractivity contribution is 5.66. The molecule has 7 heteroatoms. The standard InChI is InChI=1S/C14H16N4O3/c19-18(20)12-8-4-3-6-10(12)14-16-13(17-21-14)11-7-2-1-5-9-15-11/h3-4,6,8,11,15H,1-2,5,7,9H2. The van der Waals surface area contributed by atoms with Crippen LogP contribution in [0.15, 0.2) is 28.8 Å². The van der Waals surface area contributed by atoms with Crippen molar-refractivity contribution in [3.63, 3.8) is 0 Å². The van der Waals surface area contributed by atoms with Crippen molar-refractivity contribution in [1.29, 1.82) is 0 Å². The van der Waals surface area contributed by atoms with Gasteiger partial charge in [0.25, 0.3) is 11.6 Å². The molecule has 0 bridgehead atoms. The van der Waals surface area contributed by atoms with Gasteiger partial charge in [-0.1, -0.05) is 30.1 Å². The van der Waals surface area contributed by atoms with Gasteiger partial charge in [0.15, 0.2) is 5.82 Å². The third-order valence-electron chi connectivity index (χ3n) is 3.64. The van der Waals surface area contributed by atoms with Crippen molar-refractivity contribution in [3.05, 3.63) is 40.2 Å². The fraction of sp³-hybridized carbons (Fsp3) is 0.429. The van der Waals surface area contributed by atoms with Crippen molar-refractivity contribution in [2.45, 2.75) is 31.7 Å². The van der Waals surface area contributed by atoms with Crippen LogP contribution in [0.1, 0.15) is 37.5 Å². The lowest BCUT2D eigenvalue weighted by Crippen LogP contribution is -2.21. The Morgan fingerprint density at radius 1 is 1.29 bits per heavy atom. The molecule has 1 fully saturated rings. The van der Waals surface area contributed by atoms with Crippen molar-refractivity contribution < 1.29 is 9.45 Å². The Hall–Kier alpha value is -2.28. The van der Waals surface area contributed by atoms with Crippen molar-refractivity contribution >= 4 is 5.69 Å². The van der Waals surface area contributed by atoms with E-state index >= 15 is 0 Å². The third-order valence-corrected chi connectivity index (χ3v) is 3.64. The molecule has 0 aliphatic carbocycles. The van der Waals surface area contributed by atoms with Gasteiger partial charge in [-0.25, -0.2) is 0 Å². The summed E-state index contributed by atoms with van der Waals surface area (Å²) in [5.74, 6) is 0.772. The number of nitrogens with one attached hydrogen (secondary N) is 1. The Bertz CT molecular complexity index is 633. The molecule has 0 amide bonds. The summed E-state index contributed by atoms with van der Waals surface area (Å²) < 4.78 is 5.23. The first-order chi connectivity index (χ1) is 10.3. The molecule has 1 aromatic heterocycles. The van der Waals surface area contributed by atoms with Gasteiger partial charge in [-0.2, -0.15) is 4.98 Å². The molecule has 1 atom stereocenters. The second kappa shape index (κ2) is 6.01. The zero-order valence-electron chi connectivity index (χ0n) is 11.5. The van der Waals surface area contributed by atoms with Gasteiger partial charge in [-0.3, -0.25) is 10.1 Å². The average molecular weight is 288 g/mol. The number of rotatable bonds is 3. The Morgan fingerprint density at radius 3 is 3.00 bits per heavy atom. The van der Waals surface area contributed by atoms with Crippen LogP contribution in [0.2, 0.25) is 0 Å². The molecule has 7 nitrogen and oxygen atoms in total. The molecule has 0 radical (unpaired) electrons. The van der Waals surface area contributed by atoms with Crippen LogP contribution in [0, 0.1) is 10.1 Å². The molecule has 0 saturated carbocycles. The van der Waals surface area contributed by atoms with E-state index in [1.54, 1.807) is 18.2 Å². The fourth-order valence-corrected chi connectivity index (χ4v) is 2.55. The van der Waals surface area contributed by atoms with Crippen molar-refractivity contribution in [2.24, 2.45) is 0 Å². The number of aromatic nitrogens is 2. The van der Waals surface area contributed by atoms with Gasteiger partial charge in [0.05, 0.1) is 11.0 Å². The number of nitro groups is 1. The topological polar surface area (TPSA) is 94.1 Å². The molecule has 1 aliphatic rings. The maximum atomic E-state index is 11.1. The normalized spacial score (nSPS) is 19.1. The molecule has 1 unspecified atom stereocenters. The first-order valence-electron chi connectivity index (χ1n) is 7.06. The molecular formula is C14H16N4O3. The Labute approximate surface area is 121 Å². The number of nitro benzene ring substituents is 1. The highest BCUT2D eigenvalue weighted by Crippen LogP contribution is 2.29. The second-order valence-corrected chi connectivity index (χ2v) is 5.09. The van der Waals surface area contributed by atoms with Gasteiger partial charge in [0.2, 0.25) is 0 Å². The van der Waals surface area contributed by atoms with Gasteiger partial charge in [-0.15, -0.1) is 0 Å². The van der Waals surface area contributed by atoms with Crippen LogP contribution in [0.25, 0.3) is 11.5 Å². The predicted octanol–water partition coefficient (Wildman–Crippen LogP) is 2.85. The summed E-state index contributed by atoms with van der Waals surface area (Å²) in [5, 5.41) is 18.4. The summed E-state index contributed by atoms with van der Waals surface area (Å²) in [6.45, 7) is 0.931. The van der Waals surface area contributed by atoms with E-state index in [2.05, 4.69) is 15.5 Å². The summed E-state index contributed by atoms with van der Waals surface area (Å²) in [6.07, 6.45) is 4.41. The summed E-state index contributed by atoms with van der Waals surface area (Å²) in [5.41, 5.74) is 0.330. The van der Waals surface area contributed by atoms with Gasteiger partial charge >= 0.3 is 0 Å². The van der Waals surface area contributed by atoms with E-state index in [4.69, 9.17) is 4.52 Å². The van der Waals surface area contributed by atoms with E-state index < -0.39 is 4.92 Å². The second-order valence-electron chi connectivity index (χ2n) is 5.09. The molecule has 1 saturated heterocycles. The van der Waals surface area contributed by atoms with Gasteiger partial charge in [-0.05, 0) is 25.5 Å². The van der Waals surface area contributed by atoms with Gasteiger partial charge in [0.1, 0.15) is 5.56 Å². The highest BCUT2D eigenvalue weighted by Gasteiger charge is 2.23. The molecule has 1 aliphatic heterocycles. The monoisotopic (exact) mass is 288 g/mol. The Kier molecular flexibility index (Phi) is 3.92. The molecule has 3 rings (SSSR count). The fourth-order valence-electron chi connectivity index (χ4n) is 2.55. The third kappa shape index (κ3) is 2.92. The zero-order chi connectivity index (χ0) is 14.7. The molecule has 2 aromatic rings. The SMILES string of the molecule is O=[N+]([O-])c1ccccc1-c1nc(C2CCCCCN2)no1. The van der Waals surface area contributed by atoms with Crippen LogP contribution in [0.5, 0.6) is 0 Å².